The fourth-order valence-electron chi connectivity index (χ4n) is 3.38. The van der Waals surface area contributed by atoms with Crippen LogP contribution in [0.15, 0.2) is 0 Å². The molecule has 0 aromatic carbocycles. The lowest BCUT2D eigenvalue weighted by Crippen LogP contribution is -2.26. The summed E-state index contributed by atoms with van der Waals surface area (Å²) in [6, 6.07) is 0. The van der Waals surface area contributed by atoms with Crippen molar-refractivity contribution in [1.29, 1.82) is 0 Å². The van der Waals surface area contributed by atoms with E-state index in [1.165, 1.54) is 4.88 Å². The van der Waals surface area contributed by atoms with Crippen LogP contribution in [-0.2, 0) is 22.4 Å². The van der Waals surface area contributed by atoms with E-state index in [1.54, 1.807) is 11.3 Å². The maximum Gasteiger partial charge on any atom is 0.341 e. The van der Waals surface area contributed by atoms with Gasteiger partial charge in [0.2, 0.25) is 5.91 Å². The summed E-state index contributed by atoms with van der Waals surface area (Å²) in [4.78, 5) is 26.0. The summed E-state index contributed by atoms with van der Waals surface area (Å²) in [6.07, 6.45) is 3.37. The number of thiophene rings is 1. The molecule has 1 atom stereocenters. The van der Waals surface area contributed by atoms with Gasteiger partial charge in [0.25, 0.3) is 0 Å². The monoisotopic (exact) mass is 365 g/mol. The summed E-state index contributed by atoms with van der Waals surface area (Å²) >= 11 is 1.56. The zero-order valence-corrected chi connectivity index (χ0v) is 17.1. The Hall–Kier alpha value is -1.36. The van der Waals surface area contributed by atoms with Crippen molar-refractivity contribution in [2.24, 2.45) is 17.3 Å². The predicted octanol–water partition coefficient (Wildman–Crippen LogP) is 5.06. The van der Waals surface area contributed by atoms with Crippen molar-refractivity contribution in [2.75, 3.05) is 11.9 Å². The summed E-state index contributed by atoms with van der Waals surface area (Å²) in [5.41, 5.74) is 1.92. The third-order valence-electron chi connectivity index (χ3n) is 4.82. The second-order valence-electron chi connectivity index (χ2n) is 8.38. The number of hydrogen-bond acceptors (Lipinski definition) is 4. The number of carbonyl (C=O) groups is 2. The van der Waals surface area contributed by atoms with Crippen LogP contribution < -0.4 is 5.32 Å². The number of amides is 1. The normalized spacial score (nSPS) is 17.3. The second kappa shape index (κ2) is 7.90. The highest BCUT2D eigenvalue weighted by Crippen LogP contribution is 2.44. The van der Waals surface area contributed by atoms with E-state index in [9.17, 15) is 9.59 Å². The van der Waals surface area contributed by atoms with Crippen molar-refractivity contribution >= 4 is 28.2 Å². The molecule has 0 bridgehead atoms. The van der Waals surface area contributed by atoms with Crippen LogP contribution in [0.1, 0.15) is 75.2 Å². The van der Waals surface area contributed by atoms with Crippen molar-refractivity contribution in [1.82, 2.24) is 0 Å². The molecule has 1 N–H and O–H groups in total. The van der Waals surface area contributed by atoms with Crippen molar-refractivity contribution in [3.63, 3.8) is 0 Å². The Morgan fingerprint density at radius 3 is 2.56 bits per heavy atom. The van der Waals surface area contributed by atoms with Gasteiger partial charge in [0.1, 0.15) is 5.00 Å². The zero-order chi connectivity index (χ0) is 18.8. The number of nitrogens with one attached hydrogen (secondary N) is 1. The van der Waals surface area contributed by atoms with Crippen LogP contribution in [0.25, 0.3) is 0 Å². The minimum Gasteiger partial charge on any atom is -0.462 e. The Balaban J connectivity index is 2.34. The maximum absolute atomic E-state index is 12.5. The van der Waals surface area contributed by atoms with E-state index in [2.05, 4.69) is 26.1 Å². The number of hydrogen-bond donors (Lipinski definition) is 1. The van der Waals surface area contributed by atoms with Gasteiger partial charge in [-0.15, -0.1) is 11.3 Å². The second-order valence-corrected chi connectivity index (χ2v) is 9.49. The van der Waals surface area contributed by atoms with Crippen LogP contribution in [0.5, 0.6) is 0 Å². The highest BCUT2D eigenvalue weighted by atomic mass is 32.1. The number of rotatable bonds is 5. The molecule has 0 saturated heterocycles. The number of esters is 1. The highest BCUT2D eigenvalue weighted by Gasteiger charge is 2.34. The third kappa shape index (κ3) is 4.84. The number of ether oxygens (including phenoxy) is 1. The Morgan fingerprint density at radius 2 is 2.00 bits per heavy atom. The van der Waals surface area contributed by atoms with Gasteiger partial charge in [0.05, 0.1) is 12.2 Å². The summed E-state index contributed by atoms with van der Waals surface area (Å²) in [5.74, 6) is 0.527. The van der Waals surface area contributed by atoms with Gasteiger partial charge in [-0.1, -0.05) is 34.6 Å². The van der Waals surface area contributed by atoms with Gasteiger partial charge in [-0.05, 0) is 49.0 Å². The molecule has 1 heterocycles. The predicted molar refractivity (Wildman–Crippen MR) is 103 cm³/mol. The molecule has 2 rings (SSSR count). The lowest BCUT2D eigenvalue weighted by atomic mass is 9.72. The van der Waals surface area contributed by atoms with Crippen molar-refractivity contribution in [2.45, 2.75) is 67.2 Å². The molecule has 25 heavy (non-hydrogen) atoms. The maximum atomic E-state index is 12.5. The molecule has 0 unspecified atom stereocenters. The highest BCUT2D eigenvalue weighted by molar-refractivity contribution is 7.17. The topological polar surface area (TPSA) is 55.4 Å². The van der Waals surface area contributed by atoms with Gasteiger partial charge < -0.3 is 10.1 Å². The summed E-state index contributed by atoms with van der Waals surface area (Å²) in [6.45, 7) is 13.0. The van der Waals surface area contributed by atoms with Crippen LogP contribution in [-0.4, -0.2) is 18.5 Å². The minimum absolute atomic E-state index is 0.0356. The van der Waals surface area contributed by atoms with E-state index in [-0.39, 0.29) is 23.2 Å². The molecule has 1 amide bonds. The van der Waals surface area contributed by atoms with E-state index in [4.69, 9.17) is 4.74 Å². The molecule has 0 spiro atoms. The molecule has 4 nitrogen and oxygen atoms in total. The Kier molecular flexibility index (Phi) is 6.30. The summed E-state index contributed by atoms with van der Waals surface area (Å²) in [5, 5.41) is 3.64. The van der Waals surface area contributed by atoms with Gasteiger partial charge in [-0.3, -0.25) is 4.79 Å². The van der Waals surface area contributed by atoms with Gasteiger partial charge in [0, 0.05) is 11.3 Å². The van der Waals surface area contributed by atoms with Crippen LogP contribution in [0.2, 0.25) is 0 Å². The SMILES string of the molecule is CCOC(=O)c1c(NC(=O)CC(C)C)sc2c1CC[C@@H](C(C)(C)C)C2. The average molecular weight is 366 g/mol. The number of anilines is 1. The molecule has 1 aliphatic carbocycles. The first-order chi connectivity index (χ1) is 11.6. The van der Waals surface area contributed by atoms with Crippen LogP contribution in [0.4, 0.5) is 5.00 Å². The Morgan fingerprint density at radius 1 is 1.32 bits per heavy atom. The molecular weight excluding hydrogens is 334 g/mol. The first kappa shape index (κ1) is 20.0. The smallest absolute Gasteiger partial charge is 0.341 e. The quantitative estimate of drug-likeness (QED) is 0.742. The lowest BCUT2D eigenvalue weighted by Gasteiger charge is -2.33. The molecule has 0 aliphatic heterocycles. The molecule has 140 valence electrons. The molecular formula is C20H31NO3S. The zero-order valence-electron chi connectivity index (χ0n) is 16.3. The van der Waals surface area contributed by atoms with Gasteiger partial charge in [0.15, 0.2) is 0 Å². The van der Waals surface area contributed by atoms with Crippen LogP contribution in [0.3, 0.4) is 0 Å². The van der Waals surface area contributed by atoms with Crippen LogP contribution >= 0.6 is 11.3 Å². The molecule has 0 saturated carbocycles. The van der Waals surface area contributed by atoms with Gasteiger partial charge >= 0.3 is 5.97 Å². The molecule has 0 radical (unpaired) electrons. The molecule has 1 aromatic rings. The van der Waals surface area contributed by atoms with E-state index in [0.29, 0.717) is 29.5 Å². The third-order valence-corrected chi connectivity index (χ3v) is 5.99. The largest absolute Gasteiger partial charge is 0.462 e. The Bertz CT molecular complexity index is 640. The van der Waals surface area contributed by atoms with Gasteiger partial charge in [-0.2, -0.15) is 0 Å². The first-order valence-electron chi connectivity index (χ1n) is 9.25. The molecule has 1 aliphatic rings. The molecule has 0 fully saturated rings. The minimum atomic E-state index is -0.311. The van der Waals surface area contributed by atoms with Crippen molar-refractivity contribution < 1.29 is 14.3 Å². The van der Waals surface area contributed by atoms with E-state index in [0.717, 1.165) is 24.8 Å². The Labute approximate surface area is 155 Å². The van der Waals surface area contributed by atoms with Gasteiger partial charge in [-0.25, -0.2) is 4.79 Å². The van der Waals surface area contributed by atoms with E-state index >= 15 is 0 Å². The van der Waals surface area contributed by atoms with E-state index in [1.807, 2.05) is 20.8 Å². The standard InChI is InChI=1S/C20H31NO3S/c1-7-24-19(23)17-14-9-8-13(20(4,5)6)11-15(14)25-18(17)21-16(22)10-12(2)3/h12-13H,7-11H2,1-6H3,(H,21,22)/t13-/m1/s1. The fourth-order valence-corrected chi connectivity index (χ4v) is 4.71. The van der Waals surface area contributed by atoms with E-state index < -0.39 is 0 Å². The van der Waals surface area contributed by atoms with Crippen molar-refractivity contribution in [3.8, 4) is 0 Å². The fraction of sp³-hybridized carbons (Fsp3) is 0.700. The summed E-state index contributed by atoms with van der Waals surface area (Å²) < 4.78 is 5.27. The van der Waals surface area contributed by atoms with Crippen LogP contribution in [0, 0.1) is 17.3 Å². The average Bonchev–Trinajstić information content (AvgIpc) is 2.82. The van der Waals surface area contributed by atoms with Crippen molar-refractivity contribution in [3.05, 3.63) is 16.0 Å². The molecule has 5 heteroatoms. The molecule has 1 aromatic heterocycles. The number of carbonyl (C=O) groups excluding carboxylic acids is 2. The number of fused-ring (bicyclic) bond motifs is 1. The summed E-state index contributed by atoms with van der Waals surface area (Å²) in [7, 11) is 0. The lowest BCUT2D eigenvalue weighted by molar-refractivity contribution is -0.116. The first-order valence-corrected chi connectivity index (χ1v) is 10.1.